The lowest BCUT2D eigenvalue weighted by Gasteiger charge is -2.08. The van der Waals surface area contributed by atoms with Gasteiger partial charge in [-0.15, -0.1) is 0 Å². The number of benzene rings is 1. The van der Waals surface area contributed by atoms with Gasteiger partial charge in [0.1, 0.15) is 11.6 Å². The van der Waals surface area contributed by atoms with Crippen LogP contribution in [0.5, 0.6) is 5.75 Å². The van der Waals surface area contributed by atoms with Crippen LogP contribution in [0, 0.1) is 5.82 Å². The van der Waals surface area contributed by atoms with E-state index in [-0.39, 0.29) is 16.3 Å². The van der Waals surface area contributed by atoms with Crippen molar-refractivity contribution in [3.05, 3.63) is 53.1 Å². The number of methoxy groups -OCH3 is 1. The molecule has 1 aromatic heterocycles. The molecule has 1 N–H and O–H groups in total. The molecular formula is C13H10ClFN2O2. The van der Waals surface area contributed by atoms with E-state index in [1.54, 1.807) is 0 Å². The van der Waals surface area contributed by atoms with Crippen molar-refractivity contribution in [3.63, 3.8) is 0 Å². The first kappa shape index (κ1) is 13.3. The number of carbonyl (C=O) groups is 1. The van der Waals surface area contributed by atoms with E-state index in [1.165, 1.54) is 43.8 Å². The number of nitrogens with one attached hydrogen (secondary N) is 1. The van der Waals surface area contributed by atoms with Crippen molar-refractivity contribution in [1.29, 1.82) is 0 Å². The minimum atomic E-state index is -0.561. The van der Waals surface area contributed by atoms with Gasteiger partial charge in [0, 0.05) is 18.5 Å². The van der Waals surface area contributed by atoms with Crippen molar-refractivity contribution in [1.82, 2.24) is 4.98 Å². The van der Waals surface area contributed by atoms with Crippen LogP contribution in [-0.4, -0.2) is 18.0 Å². The van der Waals surface area contributed by atoms with E-state index in [4.69, 9.17) is 16.3 Å². The number of carbonyl (C=O) groups excluding carboxylic acids is 1. The van der Waals surface area contributed by atoms with Crippen LogP contribution >= 0.6 is 11.6 Å². The summed E-state index contributed by atoms with van der Waals surface area (Å²) in [5.74, 6) is -0.659. The third kappa shape index (κ3) is 3.00. The largest absolute Gasteiger partial charge is 0.497 e. The van der Waals surface area contributed by atoms with Crippen LogP contribution in [0.3, 0.4) is 0 Å². The van der Waals surface area contributed by atoms with Gasteiger partial charge in [-0.05, 0) is 18.2 Å². The molecule has 0 saturated heterocycles. The molecule has 0 saturated carbocycles. The SMILES string of the molecule is COc1ccc(F)c(NC(=O)c2cnccc2Cl)c1. The highest BCUT2D eigenvalue weighted by molar-refractivity contribution is 6.34. The van der Waals surface area contributed by atoms with Crippen LogP contribution in [0.15, 0.2) is 36.7 Å². The number of halogens is 2. The number of nitrogens with zero attached hydrogens (tertiary/aromatic N) is 1. The van der Waals surface area contributed by atoms with Gasteiger partial charge < -0.3 is 10.1 Å². The molecule has 0 spiro atoms. The van der Waals surface area contributed by atoms with Gasteiger partial charge in [-0.2, -0.15) is 0 Å². The van der Waals surface area contributed by atoms with Crippen molar-refractivity contribution < 1.29 is 13.9 Å². The lowest BCUT2D eigenvalue weighted by Crippen LogP contribution is -2.13. The lowest BCUT2D eigenvalue weighted by atomic mass is 10.2. The van der Waals surface area contributed by atoms with Crippen LogP contribution < -0.4 is 10.1 Å². The highest BCUT2D eigenvalue weighted by Crippen LogP contribution is 2.22. The minimum absolute atomic E-state index is 0.0178. The quantitative estimate of drug-likeness (QED) is 0.940. The Morgan fingerprint density at radius 1 is 1.42 bits per heavy atom. The Bertz CT molecular complexity index is 619. The molecule has 1 aromatic carbocycles. The number of hydrogen-bond donors (Lipinski definition) is 1. The van der Waals surface area contributed by atoms with E-state index >= 15 is 0 Å². The summed E-state index contributed by atoms with van der Waals surface area (Å²) in [4.78, 5) is 15.7. The van der Waals surface area contributed by atoms with Gasteiger partial charge in [-0.3, -0.25) is 9.78 Å². The number of ether oxygens (including phenoxy) is 1. The molecule has 4 nitrogen and oxygen atoms in total. The highest BCUT2D eigenvalue weighted by Gasteiger charge is 2.13. The van der Waals surface area contributed by atoms with E-state index in [2.05, 4.69) is 10.3 Å². The first-order chi connectivity index (χ1) is 9.11. The smallest absolute Gasteiger partial charge is 0.258 e. The third-order valence-corrected chi connectivity index (χ3v) is 2.76. The molecule has 0 radical (unpaired) electrons. The molecule has 0 unspecified atom stereocenters. The normalized spacial score (nSPS) is 10.1. The second-order valence-corrected chi connectivity index (χ2v) is 4.06. The van der Waals surface area contributed by atoms with Crippen molar-refractivity contribution in [2.45, 2.75) is 0 Å². The van der Waals surface area contributed by atoms with Crippen LogP contribution in [0.4, 0.5) is 10.1 Å². The fourth-order valence-electron chi connectivity index (χ4n) is 1.46. The fraction of sp³-hybridized carbons (Fsp3) is 0.0769. The summed E-state index contributed by atoms with van der Waals surface area (Å²) in [5.41, 5.74) is 0.190. The van der Waals surface area contributed by atoms with Crippen molar-refractivity contribution in [2.24, 2.45) is 0 Å². The van der Waals surface area contributed by atoms with Crippen LogP contribution in [0.25, 0.3) is 0 Å². The van der Waals surface area contributed by atoms with Crippen LogP contribution in [0.1, 0.15) is 10.4 Å². The number of amides is 1. The minimum Gasteiger partial charge on any atom is -0.497 e. The maximum absolute atomic E-state index is 13.6. The van der Waals surface area contributed by atoms with E-state index in [1.807, 2.05) is 0 Å². The van der Waals surface area contributed by atoms with E-state index in [9.17, 15) is 9.18 Å². The maximum Gasteiger partial charge on any atom is 0.258 e. The molecule has 2 aromatic rings. The Balaban J connectivity index is 2.26. The second kappa shape index (κ2) is 5.67. The molecule has 98 valence electrons. The monoisotopic (exact) mass is 280 g/mol. The number of anilines is 1. The molecule has 6 heteroatoms. The average Bonchev–Trinajstić information content (AvgIpc) is 2.41. The number of hydrogen-bond acceptors (Lipinski definition) is 3. The molecule has 19 heavy (non-hydrogen) atoms. The van der Waals surface area contributed by atoms with E-state index < -0.39 is 11.7 Å². The first-order valence-electron chi connectivity index (χ1n) is 5.36. The third-order valence-electron chi connectivity index (χ3n) is 2.43. The summed E-state index contributed by atoms with van der Waals surface area (Å²) in [7, 11) is 1.46. The van der Waals surface area contributed by atoms with Gasteiger partial charge in [0.05, 0.1) is 23.4 Å². The maximum atomic E-state index is 13.6. The molecule has 0 aliphatic carbocycles. The van der Waals surface area contributed by atoms with Crippen LogP contribution in [0.2, 0.25) is 5.02 Å². The molecule has 0 bridgehead atoms. The predicted octanol–water partition coefficient (Wildman–Crippen LogP) is 3.14. The van der Waals surface area contributed by atoms with Gasteiger partial charge >= 0.3 is 0 Å². The van der Waals surface area contributed by atoms with Crippen molar-refractivity contribution in [2.75, 3.05) is 12.4 Å². The average molecular weight is 281 g/mol. The molecule has 0 atom stereocenters. The second-order valence-electron chi connectivity index (χ2n) is 3.66. The Labute approximate surface area is 114 Å². The molecule has 1 heterocycles. The zero-order chi connectivity index (χ0) is 13.8. The molecule has 0 fully saturated rings. The van der Waals surface area contributed by atoms with E-state index in [0.717, 1.165) is 0 Å². The summed E-state index contributed by atoms with van der Waals surface area (Å²) in [5, 5.41) is 2.67. The number of rotatable bonds is 3. The van der Waals surface area contributed by atoms with Gasteiger partial charge in [0.15, 0.2) is 0 Å². The van der Waals surface area contributed by atoms with E-state index in [0.29, 0.717) is 5.75 Å². The summed E-state index contributed by atoms with van der Waals surface area (Å²) in [6.07, 6.45) is 2.78. The molecule has 0 aliphatic rings. The Hall–Kier alpha value is -2.14. The zero-order valence-electron chi connectivity index (χ0n) is 9.98. The van der Waals surface area contributed by atoms with Gasteiger partial charge in [0.25, 0.3) is 5.91 Å². The summed E-state index contributed by atoms with van der Waals surface area (Å²) >= 11 is 5.86. The highest BCUT2D eigenvalue weighted by atomic mass is 35.5. The predicted molar refractivity (Wildman–Crippen MR) is 70.2 cm³/mol. The van der Waals surface area contributed by atoms with Gasteiger partial charge in [-0.25, -0.2) is 4.39 Å². The number of aromatic nitrogens is 1. The molecular weight excluding hydrogens is 271 g/mol. The summed E-state index contributed by atoms with van der Waals surface area (Å²) < 4.78 is 18.5. The topological polar surface area (TPSA) is 51.2 Å². The fourth-order valence-corrected chi connectivity index (χ4v) is 1.65. The molecule has 0 aliphatic heterocycles. The standard InChI is InChI=1S/C13H10ClFN2O2/c1-19-8-2-3-11(15)12(6-8)17-13(18)9-7-16-5-4-10(9)14/h2-7H,1H3,(H,17,18). The summed E-state index contributed by atoms with van der Waals surface area (Å²) in [6, 6.07) is 5.54. The van der Waals surface area contributed by atoms with Crippen molar-refractivity contribution >= 4 is 23.2 Å². The Kier molecular flexibility index (Phi) is 3.97. The Morgan fingerprint density at radius 2 is 2.21 bits per heavy atom. The van der Waals surface area contributed by atoms with Gasteiger partial charge in [0.2, 0.25) is 0 Å². The van der Waals surface area contributed by atoms with Crippen LogP contribution in [-0.2, 0) is 0 Å². The number of pyridine rings is 1. The molecule has 2 rings (SSSR count). The van der Waals surface area contributed by atoms with Crippen molar-refractivity contribution in [3.8, 4) is 5.75 Å². The Morgan fingerprint density at radius 3 is 2.89 bits per heavy atom. The summed E-state index contributed by atoms with van der Waals surface area (Å²) in [6.45, 7) is 0. The zero-order valence-corrected chi connectivity index (χ0v) is 10.7. The first-order valence-corrected chi connectivity index (χ1v) is 5.74. The molecule has 1 amide bonds. The van der Waals surface area contributed by atoms with Gasteiger partial charge in [-0.1, -0.05) is 11.6 Å². The lowest BCUT2D eigenvalue weighted by molar-refractivity contribution is 0.102.